The number of anilines is 1. The number of nitrogen functional groups attached to an aromatic ring is 1. The van der Waals surface area contributed by atoms with E-state index in [4.69, 9.17) is 27.5 Å². The van der Waals surface area contributed by atoms with Gasteiger partial charge in [0.25, 0.3) is 0 Å². The number of hydrogen-bond donors (Lipinski definition) is 2. The Morgan fingerprint density at radius 1 is 1.75 bits per heavy atom. The Morgan fingerprint density at radius 2 is 2.42 bits per heavy atom. The van der Waals surface area contributed by atoms with Gasteiger partial charge in [-0.2, -0.15) is 0 Å². The second-order valence-corrected chi connectivity index (χ2v) is 2.48. The summed E-state index contributed by atoms with van der Waals surface area (Å²) >= 11 is 5.61. The molecule has 1 rings (SSSR count). The van der Waals surface area contributed by atoms with Crippen LogP contribution in [0.25, 0.3) is 0 Å². The average Bonchev–Trinajstić information content (AvgIpc) is 2.03. The summed E-state index contributed by atoms with van der Waals surface area (Å²) in [4.78, 5) is 3.76. The van der Waals surface area contributed by atoms with Gasteiger partial charge in [0.05, 0.1) is 12.7 Å². The molecule has 5 heteroatoms. The third kappa shape index (κ3) is 1.48. The molecule has 0 saturated carbocycles. The third-order valence-electron chi connectivity index (χ3n) is 1.38. The van der Waals surface area contributed by atoms with E-state index in [0.29, 0.717) is 11.3 Å². The first-order valence-corrected chi connectivity index (χ1v) is 3.57. The zero-order valence-electron chi connectivity index (χ0n) is 6.47. The van der Waals surface area contributed by atoms with Crippen molar-refractivity contribution in [2.75, 3.05) is 12.8 Å². The maximum atomic E-state index is 7.03. The van der Waals surface area contributed by atoms with Crippen LogP contribution in [0.4, 0.5) is 5.82 Å². The van der Waals surface area contributed by atoms with Crippen LogP contribution in [0.1, 0.15) is 5.56 Å². The largest absolute Gasteiger partial charge is 0.496 e. The molecule has 0 saturated heterocycles. The van der Waals surface area contributed by atoms with Crippen LogP contribution in [0.5, 0.6) is 5.75 Å². The number of aromatic nitrogens is 1. The Bertz CT molecular complexity index is 314. The Morgan fingerprint density at radius 3 is 2.92 bits per heavy atom. The Hall–Kier alpha value is -1.29. The SMILES string of the molecule is COc1cc(Cl)nc(N)c1C=N. The number of ether oxygens (including phenoxy) is 1. The lowest BCUT2D eigenvalue weighted by molar-refractivity contribution is 0.414. The molecule has 1 heterocycles. The van der Waals surface area contributed by atoms with Crippen molar-refractivity contribution in [3.8, 4) is 5.75 Å². The summed E-state index contributed by atoms with van der Waals surface area (Å²) in [6.07, 6.45) is 1.08. The molecule has 64 valence electrons. The van der Waals surface area contributed by atoms with Crippen molar-refractivity contribution in [2.45, 2.75) is 0 Å². The van der Waals surface area contributed by atoms with Crippen LogP contribution in [0.15, 0.2) is 6.07 Å². The monoisotopic (exact) mass is 185 g/mol. The molecule has 0 aromatic carbocycles. The zero-order valence-corrected chi connectivity index (χ0v) is 7.22. The average molecular weight is 186 g/mol. The maximum Gasteiger partial charge on any atom is 0.137 e. The highest BCUT2D eigenvalue weighted by Gasteiger charge is 2.07. The van der Waals surface area contributed by atoms with Crippen molar-refractivity contribution in [3.05, 3.63) is 16.8 Å². The summed E-state index contributed by atoms with van der Waals surface area (Å²) in [5.41, 5.74) is 5.93. The van der Waals surface area contributed by atoms with Gasteiger partial charge in [-0.25, -0.2) is 4.98 Å². The second kappa shape index (κ2) is 3.40. The molecule has 0 aliphatic carbocycles. The van der Waals surface area contributed by atoms with Crippen molar-refractivity contribution < 1.29 is 4.74 Å². The van der Waals surface area contributed by atoms with E-state index in [1.54, 1.807) is 0 Å². The number of nitrogens with two attached hydrogens (primary N) is 1. The van der Waals surface area contributed by atoms with Gasteiger partial charge in [0, 0.05) is 12.3 Å². The van der Waals surface area contributed by atoms with E-state index in [1.807, 2.05) is 0 Å². The fourth-order valence-electron chi connectivity index (χ4n) is 0.834. The fourth-order valence-corrected chi connectivity index (χ4v) is 1.02. The predicted octanol–water partition coefficient (Wildman–Crippen LogP) is 1.32. The number of rotatable bonds is 2. The Labute approximate surface area is 74.8 Å². The fraction of sp³-hybridized carbons (Fsp3) is 0.143. The molecule has 0 spiro atoms. The lowest BCUT2D eigenvalue weighted by Gasteiger charge is -2.05. The highest BCUT2D eigenvalue weighted by molar-refractivity contribution is 6.29. The highest BCUT2D eigenvalue weighted by atomic mass is 35.5. The topological polar surface area (TPSA) is 72.0 Å². The molecule has 0 amide bonds. The summed E-state index contributed by atoms with van der Waals surface area (Å²) in [6, 6.07) is 1.51. The quantitative estimate of drug-likeness (QED) is 0.539. The van der Waals surface area contributed by atoms with Crippen molar-refractivity contribution >= 4 is 23.6 Å². The van der Waals surface area contributed by atoms with Gasteiger partial charge >= 0.3 is 0 Å². The standard InChI is InChI=1S/C7H8ClN3O/c1-12-5-2-6(8)11-7(10)4(5)3-9/h2-3,9H,1H3,(H2,10,11). The van der Waals surface area contributed by atoms with Crippen LogP contribution in [-0.2, 0) is 0 Å². The van der Waals surface area contributed by atoms with Gasteiger partial charge in [-0.1, -0.05) is 11.6 Å². The van der Waals surface area contributed by atoms with E-state index in [-0.39, 0.29) is 11.0 Å². The van der Waals surface area contributed by atoms with Crippen LogP contribution in [0.2, 0.25) is 5.15 Å². The molecule has 3 N–H and O–H groups in total. The molecule has 0 atom stereocenters. The summed E-state index contributed by atoms with van der Waals surface area (Å²) in [5, 5.41) is 7.29. The number of pyridine rings is 1. The van der Waals surface area contributed by atoms with Gasteiger partial charge in [0.1, 0.15) is 16.7 Å². The van der Waals surface area contributed by atoms with Gasteiger partial charge in [0.2, 0.25) is 0 Å². The van der Waals surface area contributed by atoms with Crippen LogP contribution < -0.4 is 10.5 Å². The van der Waals surface area contributed by atoms with E-state index in [1.165, 1.54) is 13.2 Å². The molecular formula is C7H8ClN3O. The first kappa shape index (κ1) is 8.80. The molecule has 1 aromatic heterocycles. The maximum absolute atomic E-state index is 7.03. The first-order chi connectivity index (χ1) is 5.69. The van der Waals surface area contributed by atoms with Crippen molar-refractivity contribution in [1.29, 1.82) is 5.41 Å². The van der Waals surface area contributed by atoms with Gasteiger partial charge in [-0.05, 0) is 0 Å². The molecule has 0 radical (unpaired) electrons. The van der Waals surface area contributed by atoms with Crippen molar-refractivity contribution in [3.63, 3.8) is 0 Å². The molecule has 0 bridgehead atoms. The molecule has 0 aliphatic rings. The van der Waals surface area contributed by atoms with Gasteiger partial charge in [-0.3, -0.25) is 0 Å². The summed E-state index contributed by atoms with van der Waals surface area (Å²) < 4.78 is 4.94. The second-order valence-electron chi connectivity index (χ2n) is 2.09. The van der Waals surface area contributed by atoms with Crippen LogP contribution >= 0.6 is 11.6 Å². The molecular weight excluding hydrogens is 178 g/mol. The minimum absolute atomic E-state index is 0.203. The Kier molecular flexibility index (Phi) is 2.50. The summed E-state index contributed by atoms with van der Waals surface area (Å²) in [5.74, 6) is 0.664. The number of halogens is 1. The molecule has 0 unspecified atom stereocenters. The van der Waals surface area contributed by atoms with E-state index in [2.05, 4.69) is 4.98 Å². The van der Waals surface area contributed by atoms with Gasteiger partial charge < -0.3 is 15.9 Å². The lowest BCUT2D eigenvalue weighted by Crippen LogP contribution is -2.00. The molecule has 1 aromatic rings. The van der Waals surface area contributed by atoms with E-state index in [9.17, 15) is 0 Å². The number of nitrogens with one attached hydrogen (secondary N) is 1. The highest BCUT2D eigenvalue weighted by Crippen LogP contribution is 2.24. The molecule has 4 nitrogen and oxygen atoms in total. The first-order valence-electron chi connectivity index (χ1n) is 3.19. The molecule has 0 fully saturated rings. The number of hydrogen-bond acceptors (Lipinski definition) is 4. The molecule has 12 heavy (non-hydrogen) atoms. The lowest BCUT2D eigenvalue weighted by atomic mass is 10.2. The van der Waals surface area contributed by atoms with Crippen LogP contribution in [-0.4, -0.2) is 18.3 Å². The van der Waals surface area contributed by atoms with Crippen molar-refractivity contribution in [1.82, 2.24) is 4.98 Å². The summed E-state index contributed by atoms with van der Waals surface area (Å²) in [6.45, 7) is 0. The van der Waals surface area contributed by atoms with E-state index >= 15 is 0 Å². The Balaban J connectivity index is 3.33. The molecule has 0 aliphatic heterocycles. The van der Waals surface area contributed by atoms with Gasteiger partial charge in [0.15, 0.2) is 0 Å². The predicted molar refractivity (Wildman–Crippen MR) is 48.1 cm³/mol. The van der Waals surface area contributed by atoms with E-state index < -0.39 is 0 Å². The smallest absolute Gasteiger partial charge is 0.137 e. The number of methoxy groups -OCH3 is 1. The summed E-state index contributed by atoms with van der Waals surface area (Å²) in [7, 11) is 1.48. The minimum atomic E-state index is 0.203. The van der Waals surface area contributed by atoms with Crippen LogP contribution in [0.3, 0.4) is 0 Å². The normalized spacial score (nSPS) is 9.50. The van der Waals surface area contributed by atoms with E-state index in [0.717, 1.165) is 6.21 Å². The van der Waals surface area contributed by atoms with Gasteiger partial charge in [-0.15, -0.1) is 0 Å². The zero-order chi connectivity index (χ0) is 9.14. The third-order valence-corrected chi connectivity index (χ3v) is 1.58. The minimum Gasteiger partial charge on any atom is -0.496 e. The number of nitrogens with zero attached hydrogens (tertiary/aromatic N) is 1. The van der Waals surface area contributed by atoms with Crippen molar-refractivity contribution in [2.24, 2.45) is 0 Å². The van der Waals surface area contributed by atoms with Crippen LogP contribution in [0, 0.1) is 5.41 Å².